The number of nitrogens with one attached hydrogen (secondary N) is 2. The van der Waals surface area contributed by atoms with Crippen LogP contribution in [0, 0.1) is 11.3 Å². The van der Waals surface area contributed by atoms with E-state index >= 15 is 0 Å². The van der Waals surface area contributed by atoms with Crippen molar-refractivity contribution >= 4 is 17.8 Å². The van der Waals surface area contributed by atoms with Crippen LogP contribution in [0.3, 0.4) is 0 Å². The fraction of sp³-hybridized carbons (Fsp3) is 0.727. The van der Waals surface area contributed by atoms with Crippen LogP contribution in [-0.2, 0) is 46.5 Å². The second-order valence-corrected chi connectivity index (χ2v) is 4.61. The van der Waals surface area contributed by atoms with Crippen LogP contribution in [0.15, 0.2) is 0 Å². The van der Waals surface area contributed by atoms with Crippen molar-refractivity contribution in [3.63, 3.8) is 0 Å². The number of carbonyl (C=O) groups is 3. The average Bonchev–Trinajstić information content (AvgIpc) is 2.17. The molecule has 1 aliphatic heterocycles. The van der Waals surface area contributed by atoms with Crippen LogP contribution in [-0.4, -0.2) is 17.8 Å². The van der Waals surface area contributed by atoms with E-state index in [-0.39, 0.29) is 36.9 Å². The van der Waals surface area contributed by atoms with E-state index in [0.717, 1.165) is 6.42 Å². The summed E-state index contributed by atoms with van der Waals surface area (Å²) in [6, 6.07) is -0.719. The van der Waals surface area contributed by atoms with Crippen molar-refractivity contribution in [1.29, 1.82) is 0 Å². The maximum absolute atomic E-state index is 11.8. The van der Waals surface area contributed by atoms with Crippen molar-refractivity contribution < 1.29 is 51.3 Å². The Morgan fingerprint density at radius 1 is 1.11 bits per heavy atom. The molecule has 0 atom stereocenters. The average molecular weight is 391 g/mol. The molecule has 110 valence electrons. The monoisotopic (exact) mass is 390 g/mol. The molecule has 0 unspecified atom stereocenters. The minimum absolute atomic E-state index is 0. The summed E-state index contributed by atoms with van der Waals surface area (Å²) >= 11 is 0. The van der Waals surface area contributed by atoms with E-state index in [1.54, 1.807) is 6.92 Å². The molecule has 0 aromatic heterocycles. The molecule has 0 aliphatic carbocycles. The van der Waals surface area contributed by atoms with Crippen LogP contribution in [0.2, 0.25) is 0 Å². The fourth-order valence-corrected chi connectivity index (χ4v) is 1.84. The number of carbonyl (C=O) groups excluding carboxylic acids is 3. The first-order valence-corrected chi connectivity index (χ1v) is 5.59. The van der Waals surface area contributed by atoms with E-state index in [4.69, 9.17) is 0 Å². The molecule has 1 aliphatic rings. The Labute approximate surface area is 131 Å². The molecule has 0 aromatic rings. The van der Waals surface area contributed by atoms with Crippen LogP contribution >= 0.6 is 0 Å². The molecule has 0 spiro atoms. The Morgan fingerprint density at radius 2 is 1.56 bits per heavy atom. The molecule has 0 bridgehead atoms. The van der Waals surface area contributed by atoms with Crippen LogP contribution in [0.25, 0.3) is 0 Å². The molecule has 7 heteroatoms. The molecular weight excluding hydrogens is 373 g/mol. The van der Waals surface area contributed by atoms with Crippen molar-refractivity contribution in [3.05, 3.63) is 0 Å². The number of barbiturate groups is 1. The molecule has 0 aromatic carbocycles. The largest absolute Gasteiger partial charge is 0.328 e. The Hall–Kier alpha value is -0.234. The van der Waals surface area contributed by atoms with E-state index in [1.165, 1.54) is 0 Å². The zero-order valence-corrected chi connectivity index (χ0v) is 13.1. The summed E-state index contributed by atoms with van der Waals surface area (Å²) in [6.45, 7) is 5.86. The standard InChI is InChI=1S/C11H18N2O3.Ni.Pd/c1-4-11(6-5-7(2)3)8(14)12-10(16)13-9(11)15;;/h7H,4-6H2,1-3H3,(H2,12,13,14,15,16);;. The van der Waals surface area contributed by atoms with Crippen molar-refractivity contribution in [2.75, 3.05) is 0 Å². The zero-order valence-electron chi connectivity index (χ0n) is 10.6. The van der Waals surface area contributed by atoms with Gasteiger partial charge in [0.05, 0.1) is 0 Å². The predicted octanol–water partition coefficient (Wildman–Crippen LogP) is 1.18. The molecule has 0 radical (unpaired) electrons. The third-order valence-electron chi connectivity index (χ3n) is 3.08. The molecule has 1 rings (SSSR count). The fourth-order valence-electron chi connectivity index (χ4n) is 1.84. The SMILES string of the molecule is CCC1(CCC(C)C)C(=O)NC(=O)NC1=O.[Ni].[Pd]. The van der Waals surface area contributed by atoms with Gasteiger partial charge in [0, 0.05) is 36.9 Å². The molecule has 2 N–H and O–H groups in total. The Balaban J connectivity index is 0. The molecule has 0 saturated carbocycles. The van der Waals surface area contributed by atoms with Crippen LogP contribution < -0.4 is 10.6 Å². The van der Waals surface area contributed by atoms with Gasteiger partial charge in [0.25, 0.3) is 0 Å². The molecular formula is C11H18N2NiO3Pd. The minimum atomic E-state index is -1.07. The van der Waals surface area contributed by atoms with E-state index in [9.17, 15) is 14.4 Å². The summed E-state index contributed by atoms with van der Waals surface area (Å²) in [5.41, 5.74) is -1.07. The van der Waals surface area contributed by atoms with Gasteiger partial charge in [-0.3, -0.25) is 20.2 Å². The van der Waals surface area contributed by atoms with E-state index in [0.29, 0.717) is 18.8 Å². The zero-order chi connectivity index (χ0) is 12.3. The summed E-state index contributed by atoms with van der Waals surface area (Å²) < 4.78 is 0. The molecule has 5 nitrogen and oxygen atoms in total. The van der Waals surface area contributed by atoms with Gasteiger partial charge in [-0.2, -0.15) is 0 Å². The van der Waals surface area contributed by atoms with Gasteiger partial charge in [-0.05, 0) is 25.2 Å². The summed E-state index contributed by atoms with van der Waals surface area (Å²) in [7, 11) is 0. The van der Waals surface area contributed by atoms with Gasteiger partial charge in [-0.1, -0.05) is 20.8 Å². The molecule has 18 heavy (non-hydrogen) atoms. The number of hydrogen-bond donors (Lipinski definition) is 2. The van der Waals surface area contributed by atoms with E-state index in [1.807, 2.05) is 13.8 Å². The second-order valence-electron chi connectivity index (χ2n) is 4.61. The number of amides is 4. The van der Waals surface area contributed by atoms with Crippen molar-refractivity contribution in [2.45, 2.75) is 40.0 Å². The normalized spacial score (nSPS) is 17.4. The topological polar surface area (TPSA) is 75.3 Å². The van der Waals surface area contributed by atoms with Crippen molar-refractivity contribution in [1.82, 2.24) is 10.6 Å². The smallest absolute Gasteiger partial charge is 0.277 e. The summed E-state index contributed by atoms with van der Waals surface area (Å²) in [4.78, 5) is 34.5. The molecule has 1 heterocycles. The van der Waals surface area contributed by atoms with Gasteiger partial charge < -0.3 is 0 Å². The number of rotatable bonds is 4. The second kappa shape index (κ2) is 8.04. The number of imide groups is 2. The van der Waals surface area contributed by atoms with Crippen LogP contribution in [0.1, 0.15) is 40.0 Å². The van der Waals surface area contributed by atoms with Gasteiger partial charge in [-0.25, -0.2) is 4.79 Å². The Bertz CT molecular complexity index is 314. The first kappa shape index (κ1) is 20.1. The van der Waals surface area contributed by atoms with Gasteiger partial charge in [0.15, 0.2) is 0 Å². The Kier molecular flexibility index (Phi) is 8.97. The van der Waals surface area contributed by atoms with E-state index < -0.39 is 23.3 Å². The maximum Gasteiger partial charge on any atom is 0.328 e. The summed E-state index contributed by atoms with van der Waals surface area (Å²) in [6.07, 6.45) is 1.67. The van der Waals surface area contributed by atoms with Gasteiger partial charge in [0.1, 0.15) is 5.41 Å². The van der Waals surface area contributed by atoms with Crippen molar-refractivity contribution in [3.8, 4) is 0 Å². The first-order chi connectivity index (χ1) is 7.42. The Morgan fingerprint density at radius 3 is 1.89 bits per heavy atom. The maximum atomic E-state index is 11.8. The van der Waals surface area contributed by atoms with Crippen LogP contribution in [0.5, 0.6) is 0 Å². The summed E-state index contributed by atoms with van der Waals surface area (Å²) in [5.74, 6) is -0.518. The quantitative estimate of drug-likeness (QED) is 0.558. The molecule has 1 fully saturated rings. The third kappa shape index (κ3) is 4.15. The summed E-state index contributed by atoms with van der Waals surface area (Å²) in [5, 5.41) is 4.33. The number of hydrogen-bond acceptors (Lipinski definition) is 3. The van der Waals surface area contributed by atoms with Gasteiger partial charge in [0.2, 0.25) is 11.8 Å². The van der Waals surface area contributed by atoms with E-state index in [2.05, 4.69) is 10.6 Å². The van der Waals surface area contributed by atoms with Gasteiger partial charge in [-0.15, -0.1) is 0 Å². The first-order valence-electron chi connectivity index (χ1n) is 5.59. The predicted molar refractivity (Wildman–Crippen MR) is 58.5 cm³/mol. The number of urea groups is 1. The van der Waals surface area contributed by atoms with Gasteiger partial charge >= 0.3 is 6.03 Å². The van der Waals surface area contributed by atoms with Crippen LogP contribution in [0.4, 0.5) is 4.79 Å². The third-order valence-corrected chi connectivity index (χ3v) is 3.08. The molecule has 1 saturated heterocycles. The molecule has 4 amide bonds. The minimum Gasteiger partial charge on any atom is -0.277 e. The van der Waals surface area contributed by atoms with Crippen molar-refractivity contribution in [2.24, 2.45) is 11.3 Å².